The van der Waals surface area contributed by atoms with E-state index in [1.165, 1.54) is 18.6 Å². The van der Waals surface area contributed by atoms with E-state index in [0.29, 0.717) is 16.5 Å². The van der Waals surface area contributed by atoms with Gasteiger partial charge in [-0.2, -0.15) is 0 Å². The van der Waals surface area contributed by atoms with Crippen LogP contribution < -0.4 is 4.90 Å². The van der Waals surface area contributed by atoms with Gasteiger partial charge in [0.2, 0.25) is 5.91 Å². The minimum atomic E-state index is 0.281. The molecule has 25 heavy (non-hydrogen) atoms. The number of carbonyl (C=O) groups excluding carboxylic acids is 1. The summed E-state index contributed by atoms with van der Waals surface area (Å²) < 4.78 is 0. The van der Waals surface area contributed by atoms with Gasteiger partial charge in [-0.3, -0.25) is 4.79 Å². The molecule has 138 valence electrons. The van der Waals surface area contributed by atoms with Crippen LogP contribution in [-0.4, -0.2) is 53.0 Å². The summed E-state index contributed by atoms with van der Waals surface area (Å²) in [5, 5.41) is 1.91. The van der Waals surface area contributed by atoms with E-state index < -0.39 is 0 Å². The molecule has 2 aliphatic heterocycles. The van der Waals surface area contributed by atoms with Gasteiger partial charge in [-0.15, -0.1) is 0 Å². The van der Waals surface area contributed by atoms with Gasteiger partial charge in [0.05, 0.1) is 10.0 Å². The Morgan fingerprint density at radius 3 is 2.72 bits per heavy atom. The Morgan fingerprint density at radius 2 is 2.04 bits per heavy atom. The molecule has 8 heteroatoms. The van der Waals surface area contributed by atoms with Gasteiger partial charge in [0.15, 0.2) is 0 Å². The second-order valence-electron chi connectivity index (χ2n) is 6.40. The zero-order valence-electron chi connectivity index (χ0n) is 14.1. The summed E-state index contributed by atoms with van der Waals surface area (Å²) in [4.78, 5) is 20.8. The normalized spacial score (nSPS) is 21.0. The van der Waals surface area contributed by atoms with Crippen molar-refractivity contribution in [3.05, 3.63) is 22.3 Å². The summed E-state index contributed by atoms with van der Waals surface area (Å²) in [5.41, 5.74) is 0. The molecule has 1 atom stereocenters. The molecular weight excluding hydrogens is 397 g/mol. The van der Waals surface area contributed by atoms with Gasteiger partial charge in [-0.1, -0.05) is 51.2 Å². The number of nitrogens with zero attached hydrogens (tertiary/aromatic N) is 3. The van der Waals surface area contributed by atoms with E-state index in [2.05, 4.69) is 9.88 Å². The minimum absolute atomic E-state index is 0.281. The Morgan fingerprint density at radius 1 is 1.24 bits per heavy atom. The Balaban J connectivity index is 1.38. The average Bonchev–Trinajstić information content (AvgIpc) is 3.12. The third-order valence-corrected chi connectivity index (χ3v) is 8.11. The van der Waals surface area contributed by atoms with E-state index in [1.54, 1.807) is 12.3 Å². The lowest BCUT2D eigenvalue weighted by Gasteiger charge is -2.35. The van der Waals surface area contributed by atoms with Crippen LogP contribution in [0.1, 0.15) is 32.1 Å². The standard InChI is InChI=1S/C17H23Cl2N3OS2/c18-13-11-15(19)17(20-12-13)22-8-6-21(7-9-22)16(23)4-2-1-3-14-5-10-24-25-14/h11-12,14H,1-10H2. The van der Waals surface area contributed by atoms with Crippen LogP contribution in [-0.2, 0) is 4.79 Å². The Kier molecular flexibility index (Phi) is 7.46. The first kappa shape index (κ1) is 19.5. The van der Waals surface area contributed by atoms with Crippen LogP contribution in [0.3, 0.4) is 0 Å². The summed E-state index contributed by atoms with van der Waals surface area (Å²) in [5.74, 6) is 2.32. The predicted molar refractivity (Wildman–Crippen MR) is 110 cm³/mol. The van der Waals surface area contributed by atoms with Crippen LogP contribution >= 0.6 is 44.8 Å². The van der Waals surface area contributed by atoms with Crippen molar-refractivity contribution in [3.63, 3.8) is 0 Å². The zero-order valence-corrected chi connectivity index (χ0v) is 17.3. The number of carbonyl (C=O) groups is 1. The van der Waals surface area contributed by atoms with Crippen molar-refractivity contribution < 1.29 is 4.79 Å². The van der Waals surface area contributed by atoms with E-state index >= 15 is 0 Å². The van der Waals surface area contributed by atoms with Gasteiger partial charge in [0.25, 0.3) is 0 Å². The highest BCUT2D eigenvalue weighted by atomic mass is 35.5. The van der Waals surface area contributed by atoms with E-state index in [-0.39, 0.29) is 5.91 Å². The fourth-order valence-electron chi connectivity index (χ4n) is 3.18. The molecule has 0 aromatic carbocycles. The molecule has 0 aliphatic carbocycles. The maximum Gasteiger partial charge on any atom is 0.222 e. The van der Waals surface area contributed by atoms with Crippen LogP contribution in [0.2, 0.25) is 10.0 Å². The molecule has 1 aromatic heterocycles. The number of pyridine rings is 1. The number of aromatic nitrogens is 1. The third-order valence-electron chi connectivity index (χ3n) is 4.61. The lowest BCUT2D eigenvalue weighted by molar-refractivity contribution is -0.131. The largest absolute Gasteiger partial charge is 0.352 e. The monoisotopic (exact) mass is 419 g/mol. The van der Waals surface area contributed by atoms with Gasteiger partial charge in [-0.25, -0.2) is 4.98 Å². The van der Waals surface area contributed by atoms with Crippen molar-refractivity contribution in [1.29, 1.82) is 0 Å². The molecule has 2 fully saturated rings. The van der Waals surface area contributed by atoms with Gasteiger partial charge >= 0.3 is 0 Å². The molecule has 1 aromatic rings. The molecule has 0 saturated carbocycles. The lowest BCUT2D eigenvalue weighted by Crippen LogP contribution is -2.49. The number of anilines is 1. The van der Waals surface area contributed by atoms with E-state index in [1.807, 2.05) is 26.5 Å². The van der Waals surface area contributed by atoms with E-state index in [9.17, 15) is 4.79 Å². The van der Waals surface area contributed by atoms with Crippen LogP contribution in [0.4, 0.5) is 5.82 Å². The smallest absolute Gasteiger partial charge is 0.222 e. The molecule has 3 heterocycles. The first-order chi connectivity index (χ1) is 12.1. The summed E-state index contributed by atoms with van der Waals surface area (Å²) >= 11 is 12.1. The highest BCUT2D eigenvalue weighted by Gasteiger charge is 2.23. The predicted octanol–water partition coefficient (Wildman–Crippen LogP) is 4.75. The second-order valence-corrected chi connectivity index (χ2v) is 10.0. The summed E-state index contributed by atoms with van der Waals surface area (Å²) in [6.07, 6.45) is 7.03. The first-order valence-corrected chi connectivity index (χ1v) is 11.9. The summed E-state index contributed by atoms with van der Waals surface area (Å²) in [6.45, 7) is 2.98. The maximum atomic E-state index is 12.4. The SMILES string of the molecule is O=C(CCCCC1CCSS1)N1CCN(c2ncc(Cl)cc2Cl)CC1. The summed E-state index contributed by atoms with van der Waals surface area (Å²) in [7, 11) is 4.00. The number of unbranched alkanes of at least 4 members (excludes halogenated alkanes) is 1. The fraction of sp³-hybridized carbons (Fsp3) is 0.647. The average molecular weight is 420 g/mol. The second kappa shape index (κ2) is 9.58. The Hall–Kier alpha value is -0.300. The van der Waals surface area contributed by atoms with Gasteiger partial charge in [0.1, 0.15) is 5.82 Å². The highest BCUT2D eigenvalue weighted by molar-refractivity contribution is 8.77. The van der Waals surface area contributed by atoms with Crippen molar-refractivity contribution in [2.45, 2.75) is 37.4 Å². The Labute approximate surface area is 167 Å². The number of halogens is 2. The quantitative estimate of drug-likeness (QED) is 0.490. The maximum absolute atomic E-state index is 12.4. The molecule has 0 spiro atoms. The molecular formula is C17H23Cl2N3OS2. The summed E-state index contributed by atoms with van der Waals surface area (Å²) in [6, 6.07) is 1.71. The number of amides is 1. The van der Waals surface area contributed by atoms with Gasteiger partial charge < -0.3 is 9.80 Å². The molecule has 2 aliphatic rings. The highest BCUT2D eigenvalue weighted by Crippen LogP contribution is 2.39. The molecule has 1 amide bonds. The van der Waals surface area contributed by atoms with Crippen molar-refractivity contribution >= 4 is 56.5 Å². The van der Waals surface area contributed by atoms with Crippen molar-refractivity contribution in [3.8, 4) is 0 Å². The molecule has 0 N–H and O–H groups in total. The zero-order chi connectivity index (χ0) is 17.6. The third kappa shape index (κ3) is 5.59. The molecule has 1 unspecified atom stereocenters. The topological polar surface area (TPSA) is 36.4 Å². The number of hydrogen-bond donors (Lipinski definition) is 0. The van der Waals surface area contributed by atoms with Crippen molar-refractivity contribution in [1.82, 2.24) is 9.88 Å². The fourth-order valence-corrected chi connectivity index (χ4v) is 6.71. The van der Waals surface area contributed by atoms with Crippen LogP contribution in [0.15, 0.2) is 12.3 Å². The molecule has 0 bridgehead atoms. The molecule has 3 rings (SSSR count). The van der Waals surface area contributed by atoms with Crippen molar-refractivity contribution in [2.24, 2.45) is 0 Å². The molecule has 2 saturated heterocycles. The first-order valence-electron chi connectivity index (χ1n) is 8.75. The minimum Gasteiger partial charge on any atom is -0.352 e. The number of piperazine rings is 1. The molecule has 0 radical (unpaired) electrons. The van der Waals surface area contributed by atoms with E-state index in [0.717, 1.165) is 50.1 Å². The van der Waals surface area contributed by atoms with E-state index in [4.69, 9.17) is 23.2 Å². The lowest BCUT2D eigenvalue weighted by atomic mass is 10.1. The van der Waals surface area contributed by atoms with Crippen LogP contribution in [0, 0.1) is 0 Å². The molecule has 4 nitrogen and oxygen atoms in total. The van der Waals surface area contributed by atoms with Crippen molar-refractivity contribution in [2.75, 3.05) is 36.8 Å². The van der Waals surface area contributed by atoms with Crippen LogP contribution in [0.25, 0.3) is 0 Å². The number of hydrogen-bond acceptors (Lipinski definition) is 5. The van der Waals surface area contributed by atoms with Gasteiger partial charge in [-0.05, 0) is 25.3 Å². The van der Waals surface area contributed by atoms with Gasteiger partial charge in [0, 0.05) is 49.8 Å². The van der Waals surface area contributed by atoms with Crippen LogP contribution in [0.5, 0.6) is 0 Å². The Bertz CT molecular complexity index is 591. The number of rotatable bonds is 6.